The Morgan fingerprint density at radius 3 is 1.33 bits per heavy atom. The van der Waals surface area contributed by atoms with E-state index in [2.05, 4.69) is 80.9 Å². The van der Waals surface area contributed by atoms with Crippen LogP contribution in [0.4, 0.5) is 0 Å². The quantitative estimate of drug-likeness (QED) is 0.229. The summed E-state index contributed by atoms with van der Waals surface area (Å²) in [6.45, 7) is 25.8. The van der Waals surface area contributed by atoms with Crippen molar-refractivity contribution in [3.63, 3.8) is 0 Å². The van der Waals surface area contributed by atoms with E-state index in [0.717, 1.165) is 25.7 Å². The zero-order valence-corrected chi connectivity index (χ0v) is 31.5. The largest absolute Gasteiger partial charge is 0.390 e. The lowest BCUT2D eigenvalue weighted by molar-refractivity contribution is -0.355. The molecular weight excluding hydrogens is 605 g/mol. The van der Waals surface area contributed by atoms with Gasteiger partial charge in [-0.05, 0) is 59.3 Å². The predicted molar refractivity (Wildman–Crippen MR) is 181 cm³/mol. The molecule has 10 heteroatoms. The summed E-state index contributed by atoms with van der Waals surface area (Å²) < 4.78 is 58.8. The molecule has 4 saturated heterocycles. The summed E-state index contributed by atoms with van der Waals surface area (Å²) in [5.41, 5.74) is 0. The summed E-state index contributed by atoms with van der Waals surface area (Å²) in [6.07, 6.45) is 0.484. The highest BCUT2D eigenvalue weighted by molar-refractivity contribution is 7.04. The zero-order valence-electron chi connectivity index (χ0n) is 31.6. The summed E-state index contributed by atoms with van der Waals surface area (Å²) in [5, 5.41) is 10.7. The Bertz CT molecular complexity index is 991. The standard InChI is InChI=1S/C36H66NO8P/c1-13-25-30(38)17(5)20(8)34(40-25)43-31-18(6)21(9)35(41-27(31)15-3)44-32-19(7)22(10)36(42-28(32)16-4)45-33-23(11)29(37-46)24(12)39-26(33)14-2/h17-36,38,46H,13-16H2,1-12H3/t17-,18-,19-,20?,21?,22?,23-,24+,25?,26?,27?,28?,29?,30+,31+,32+,33+,34+,35+,36+/m1/s1. The first-order valence-electron chi connectivity index (χ1n) is 18.9. The monoisotopic (exact) mass is 674 g/mol. The third-order valence-corrected chi connectivity index (χ3v) is 12.6. The summed E-state index contributed by atoms with van der Waals surface area (Å²) in [5.74, 6) is 0.785. The maximum atomic E-state index is 10.7. The van der Waals surface area contributed by atoms with Crippen molar-refractivity contribution < 1.29 is 38.3 Å². The highest BCUT2D eigenvalue weighted by Gasteiger charge is 2.51. The molecule has 0 amide bonds. The third-order valence-electron chi connectivity index (χ3n) is 12.3. The Morgan fingerprint density at radius 1 is 0.543 bits per heavy atom. The summed E-state index contributed by atoms with van der Waals surface area (Å²) in [7, 11) is 0.272. The second-order valence-corrected chi connectivity index (χ2v) is 15.3. The van der Waals surface area contributed by atoms with Crippen LogP contribution in [0.2, 0.25) is 0 Å². The number of nitrogens with zero attached hydrogens (tertiary/aromatic N) is 1. The fourth-order valence-electron chi connectivity index (χ4n) is 8.28. The van der Waals surface area contributed by atoms with E-state index in [1.807, 2.05) is 6.92 Å². The molecule has 20 atom stereocenters. The number of ether oxygens (including phenoxy) is 7. The highest BCUT2D eigenvalue weighted by atomic mass is 31.0. The van der Waals surface area contributed by atoms with Crippen LogP contribution in [-0.2, 0) is 33.2 Å². The van der Waals surface area contributed by atoms with Gasteiger partial charge in [0.25, 0.3) is 0 Å². The average Bonchev–Trinajstić information content (AvgIpc) is 3.06. The topological polar surface area (TPSA) is 97.2 Å². The maximum Gasteiger partial charge on any atom is 0.161 e. The Morgan fingerprint density at radius 2 is 0.913 bits per heavy atom. The smallest absolute Gasteiger partial charge is 0.161 e. The number of hydrogen-bond donors (Lipinski definition) is 1. The van der Waals surface area contributed by atoms with Gasteiger partial charge < -0.3 is 38.3 Å². The van der Waals surface area contributed by atoms with E-state index in [1.165, 1.54) is 0 Å². The molecule has 0 aromatic carbocycles. The van der Waals surface area contributed by atoms with Gasteiger partial charge in [0.05, 0.1) is 61.0 Å². The molecule has 0 bridgehead atoms. The second kappa shape index (κ2) is 16.7. The predicted octanol–water partition coefficient (Wildman–Crippen LogP) is 7.25. The van der Waals surface area contributed by atoms with Gasteiger partial charge in [-0.3, -0.25) is 4.74 Å². The molecule has 4 fully saturated rings. The van der Waals surface area contributed by atoms with Crippen LogP contribution in [0, 0.1) is 41.4 Å². The molecular formula is C36H66NO8P. The molecule has 9 nitrogen and oxygen atoms in total. The molecule has 0 aliphatic carbocycles. The summed E-state index contributed by atoms with van der Waals surface area (Å²) in [4.78, 5) is 0. The van der Waals surface area contributed by atoms with Crippen LogP contribution in [0.5, 0.6) is 0 Å². The first-order valence-corrected chi connectivity index (χ1v) is 18.8. The van der Waals surface area contributed by atoms with Crippen molar-refractivity contribution in [3.8, 4) is 0 Å². The fraction of sp³-hybridized carbons (Fsp3) is 1.00. The van der Waals surface area contributed by atoms with Gasteiger partial charge in [0.1, 0.15) is 1.28 Å². The van der Waals surface area contributed by atoms with Gasteiger partial charge in [-0.15, -0.1) is 0 Å². The number of hydrogen-bond acceptors (Lipinski definition) is 9. The van der Waals surface area contributed by atoms with Gasteiger partial charge in [0.2, 0.25) is 0 Å². The maximum absolute atomic E-state index is 10.7. The average molecular weight is 675 g/mol. The van der Waals surface area contributed by atoms with E-state index < -0.39 is 12.4 Å². The molecule has 1 N–H and O–H groups in total. The molecule has 8 unspecified atom stereocenters. The van der Waals surface area contributed by atoms with E-state index >= 15 is 0 Å². The van der Waals surface area contributed by atoms with Crippen LogP contribution < -0.4 is 0 Å². The van der Waals surface area contributed by atoms with Crippen molar-refractivity contribution >= 4 is 8.98 Å². The van der Waals surface area contributed by atoms with E-state index in [4.69, 9.17) is 34.4 Å². The third kappa shape index (κ3) is 7.73. The molecule has 0 radical (unpaired) electrons. The van der Waals surface area contributed by atoms with E-state index in [0.29, 0.717) is 0 Å². The first kappa shape index (κ1) is 37.0. The van der Waals surface area contributed by atoms with Crippen molar-refractivity contribution in [3.05, 3.63) is 0 Å². The van der Waals surface area contributed by atoms with Crippen LogP contribution in [0.15, 0.2) is 4.74 Å². The minimum Gasteiger partial charge on any atom is -0.390 e. The van der Waals surface area contributed by atoms with Gasteiger partial charge in [0, 0.05) is 23.7 Å². The Hall–Kier alpha value is -0.220. The molecule has 4 aliphatic rings. The molecule has 46 heavy (non-hydrogen) atoms. The van der Waals surface area contributed by atoms with Gasteiger partial charge in [0.15, 0.2) is 18.9 Å². The van der Waals surface area contributed by atoms with Crippen molar-refractivity contribution in [2.75, 3.05) is 0 Å². The molecule has 0 aromatic heterocycles. The number of rotatable bonds is 11. The minimum atomic E-state index is -0.482. The molecule has 0 aromatic rings. The van der Waals surface area contributed by atoms with E-state index in [1.54, 1.807) is 0 Å². The van der Waals surface area contributed by atoms with Crippen molar-refractivity contribution in [1.82, 2.24) is 0 Å². The SMILES string of the molecule is [4H]/P=N\C1[C@H](C)OC(CC)[C@@H](O[C@@H]2OC(CC)[C@@H](O[C@@H]3OC(CC)[C@@H](O[C@@H]4OC(CC)[C@@H](O)[C@H](C)C4C)[C@H](C)C3C)[C@H](C)C2C)[C@@H]1C. The fourth-order valence-corrected chi connectivity index (χ4v) is 8.67. The zero-order chi connectivity index (χ0) is 34.7. The van der Waals surface area contributed by atoms with Crippen molar-refractivity contribution in [1.29, 1.82) is 1.28 Å². The van der Waals surface area contributed by atoms with E-state index in [9.17, 15) is 5.11 Å². The van der Waals surface area contributed by atoms with Gasteiger partial charge >= 0.3 is 0 Å². The van der Waals surface area contributed by atoms with Gasteiger partial charge in [-0.1, -0.05) is 76.2 Å². The van der Waals surface area contributed by atoms with E-state index in [-0.39, 0.29) is 118 Å². The van der Waals surface area contributed by atoms with Crippen LogP contribution in [0.3, 0.4) is 0 Å². The Labute approximate surface area is 283 Å². The summed E-state index contributed by atoms with van der Waals surface area (Å²) >= 11 is 0. The Kier molecular flexibility index (Phi) is 13.4. The normalized spacial score (nSPS) is 52.5. The lowest BCUT2D eigenvalue weighted by atomic mass is 9.81. The molecule has 268 valence electrons. The molecule has 4 aliphatic heterocycles. The van der Waals surface area contributed by atoms with Gasteiger partial charge in [-0.2, -0.15) is 0 Å². The summed E-state index contributed by atoms with van der Waals surface area (Å²) in [6, 6.07) is -0.0847. The molecule has 0 saturated carbocycles. The highest BCUT2D eigenvalue weighted by Crippen LogP contribution is 2.43. The Balaban J connectivity index is 1.44. The number of aliphatic hydroxyl groups excluding tert-OH is 1. The van der Waals surface area contributed by atoms with Crippen molar-refractivity contribution in [2.45, 2.75) is 189 Å². The van der Waals surface area contributed by atoms with Gasteiger partial charge in [-0.25, -0.2) is 0 Å². The van der Waals surface area contributed by atoms with Crippen LogP contribution >= 0.6 is 8.98 Å². The number of aliphatic hydroxyl groups is 1. The van der Waals surface area contributed by atoms with Crippen LogP contribution in [0.1, 0.15) is 109 Å². The first-order chi connectivity index (χ1) is 22.3. The van der Waals surface area contributed by atoms with Crippen LogP contribution in [0.25, 0.3) is 0 Å². The van der Waals surface area contributed by atoms with Crippen molar-refractivity contribution in [2.24, 2.45) is 46.2 Å². The molecule has 0 spiro atoms. The van der Waals surface area contributed by atoms with Crippen LogP contribution in [-0.4, -0.2) is 86.2 Å². The molecule has 4 heterocycles. The minimum absolute atomic E-state index is 0.0439. The lowest BCUT2D eigenvalue weighted by Gasteiger charge is -2.51. The lowest BCUT2D eigenvalue weighted by Crippen LogP contribution is -2.59. The molecule has 4 rings (SSSR count). The second-order valence-electron chi connectivity index (χ2n) is 15.1.